The summed E-state index contributed by atoms with van der Waals surface area (Å²) in [4.78, 5) is 16.5. The van der Waals surface area contributed by atoms with Crippen LogP contribution in [0.2, 0.25) is 0 Å². The first-order valence-corrected chi connectivity index (χ1v) is 9.53. The van der Waals surface area contributed by atoms with Gasteiger partial charge in [0.05, 0.1) is 13.0 Å². The SMILES string of the molecule is CCONC(=COc1ccccc1CC(=O)O)c1cccc(Oc2ccccc2)c1. The maximum Gasteiger partial charge on any atom is 0.307 e. The van der Waals surface area contributed by atoms with Gasteiger partial charge in [0.1, 0.15) is 29.2 Å². The molecule has 3 rings (SSSR count). The number of carboxylic acid groups (broad SMARTS) is 1. The van der Waals surface area contributed by atoms with Gasteiger partial charge in [-0.2, -0.15) is 0 Å². The van der Waals surface area contributed by atoms with Crippen LogP contribution >= 0.6 is 0 Å². The lowest BCUT2D eigenvalue weighted by molar-refractivity contribution is -0.136. The summed E-state index contributed by atoms with van der Waals surface area (Å²) in [7, 11) is 0. The topological polar surface area (TPSA) is 77.0 Å². The van der Waals surface area contributed by atoms with Crippen LogP contribution in [0.4, 0.5) is 0 Å². The molecule has 0 aliphatic heterocycles. The lowest BCUT2D eigenvalue weighted by atomic mass is 10.1. The van der Waals surface area contributed by atoms with Crippen molar-refractivity contribution in [2.75, 3.05) is 6.61 Å². The Bertz CT molecular complexity index is 1000. The van der Waals surface area contributed by atoms with Crippen LogP contribution in [0.3, 0.4) is 0 Å². The molecule has 2 N–H and O–H groups in total. The van der Waals surface area contributed by atoms with Crippen molar-refractivity contribution in [3.63, 3.8) is 0 Å². The molecule has 0 bridgehead atoms. The van der Waals surface area contributed by atoms with Crippen LogP contribution in [0.15, 0.2) is 85.1 Å². The van der Waals surface area contributed by atoms with Crippen LogP contribution in [0.1, 0.15) is 18.1 Å². The van der Waals surface area contributed by atoms with E-state index in [2.05, 4.69) is 5.48 Å². The fraction of sp³-hybridized carbons (Fsp3) is 0.125. The highest BCUT2D eigenvalue weighted by Crippen LogP contribution is 2.25. The predicted octanol–water partition coefficient (Wildman–Crippen LogP) is 5.02. The average Bonchev–Trinajstić information content (AvgIpc) is 2.75. The minimum Gasteiger partial charge on any atom is -0.481 e. The van der Waals surface area contributed by atoms with Crippen LogP contribution in [-0.2, 0) is 16.1 Å². The summed E-state index contributed by atoms with van der Waals surface area (Å²) in [6, 6.07) is 24.0. The van der Waals surface area contributed by atoms with Crippen LogP contribution in [0.5, 0.6) is 17.2 Å². The summed E-state index contributed by atoms with van der Waals surface area (Å²) in [5.41, 5.74) is 4.81. The molecular formula is C24H23NO5. The average molecular weight is 405 g/mol. The standard InChI is InChI=1S/C24H23NO5/c1-2-29-25-22(17-28-23-14-7-6-9-19(23)16-24(26)27)18-10-8-13-21(15-18)30-20-11-4-3-5-12-20/h3-15,17,25H,2,16H2,1H3,(H,26,27). The highest BCUT2D eigenvalue weighted by atomic mass is 16.6. The van der Waals surface area contributed by atoms with Gasteiger partial charge in [0.2, 0.25) is 0 Å². The summed E-state index contributed by atoms with van der Waals surface area (Å²) >= 11 is 0. The van der Waals surface area contributed by atoms with E-state index >= 15 is 0 Å². The van der Waals surface area contributed by atoms with E-state index in [1.54, 1.807) is 24.3 Å². The molecule has 154 valence electrons. The van der Waals surface area contributed by atoms with Crippen molar-refractivity contribution in [2.45, 2.75) is 13.3 Å². The van der Waals surface area contributed by atoms with Gasteiger partial charge in [-0.3, -0.25) is 15.1 Å². The molecule has 3 aromatic rings. The summed E-state index contributed by atoms with van der Waals surface area (Å²) in [6.07, 6.45) is 1.37. The molecule has 0 aliphatic rings. The maximum atomic E-state index is 11.1. The largest absolute Gasteiger partial charge is 0.481 e. The van der Waals surface area contributed by atoms with E-state index in [1.165, 1.54) is 6.26 Å². The Hall–Kier alpha value is -3.77. The van der Waals surface area contributed by atoms with Gasteiger partial charge in [-0.1, -0.05) is 48.5 Å². The van der Waals surface area contributed by atoms with Crippen molar-refractivity contribution in [1.82, 2.24) is 5.48 Å². The van der Waals surface area contributed by atoms with Crippen LogP contribution < -0.4 is 15.0 Å². The third-order valence-corrected chi connectivity index (χ3v) is 4.07. The van der Waals surface area contributed by atoms with Crippen molar-refractivity contribution in [2.24, 2.45) is 0 Å². The van der Waals surface area contributed by atoms with E-state index in [-0.39, 0.29) is 6.42 Å². The third kappa shape index (κ3) is 6.12. The second kappa shape index (κ2) is 10.7. The zero-order valence-electron chi connectivity index (χ0n) is 16.6. The minimum atomic E-state index is -0.923. The number of carboxylic acids is 1. The lowest BCUT2D eigenvalue weighted by Crippen LogP contribution is -2.14. The molecule has 0 spiro atoms. The number of ether oxygens (including phenoxy) is 2. The number of rotatable bonds is 10. The van der Waals surface area contributed by atoms with Gasteiger partial charge in [-0.25, -0.2) is 0 Å². The molecule has 6 nitrogen and oxygen atoms in total. The molecule has 0 saturated carbocycles. The first-order valence-electron chi connectivity index (χ1n) is 9.53. The molecular weight excluding hydrogens is 382 g/mol. The van der Waals surface area contributed by atoms with Gasteiger partial charge < -0.3 is 14.6 Å². The van der Waals surface area contributed by atoms with Gasteiger partial charge in [-0.05, 0) is 37.3 Å². The van der Waals surface area contributed by atoms with Gasteiger partial charge in [0.15, 0.2) is 0 Å². The molecule has 0 radical (unpaired) electrons. The molecule has 0 aromatic heterocycles. The van der Waals surface area contributed by atoms with Gasteiger partial charge in [0, 0.05) is 11.1 Å². The molecule has 0 saturated heterocycles. The second-order valence-electron chi connectivity index (χ2n) is 6.31. The molecule has 0 aliphatic carbocycles. The van der Waals surface area contributed by atoms with E-state index in [4.69, 9.17) is 19.4 Å². The highest BCUT2D eigenvalue weighted by Gasteiger charge is 2.09. The van der Waals surface area contributed by atoms with Crippen molar-refractivity contribution in [3.8, 4) is 17.2 Å². The normalized spacial score (nSPS) is 11.0. The summed E-state index contributed by atoms with van der Waals surface area (Å²) in [5, 5.41) is 9.10. The van der Waals surface area contributed by atoms with Crippen molar-refractivity contribution >= 4 is 11.7 Å². The van der Waals surface area contributed by atoms with Crippen LogP contribution in [0.25, 0.3) is 5.70 Å². The Balaban J connectivity index is 1.84. The molecule has 3 aromatic carbocycles. The van der Waals surface area contributed by atoms with E-state index < -0.39 is 5.97 Å². The zero-order valence-corrected chi connectivity index (χ0v) is 16.6. The van der Waals surface area contributed by atoms with E-state index in [9.17, 15) is 4.79 Å². The molecule has 0 fully saturated rings. The summed E-state index contributed by atoms with van der Waals surface area (Å²) < 4.78 is 11.7. The number of nitrogens with one attached hydrogen (secondary N) is 1. The van der Waals surface area contributed by atoms with Gasteiger partial charge in [-0.15, -0.1) is 0 Å². The first kappa shape index (κ1) is 21.0. The fourth-order valence-corrected chi connectivity index (χ4v) is 2.70. The number of hydroxylamine groups is 1. The summed E-state index contributed by atoms with van der Waals surface area (Å²) in [6.45, 7) is 2.32. The second-order valence-corrected chi connectivity index (χ2v) is 6.31. The number of para-hydroxylation sites is 2. The third-order valence-electron chi connectivity index (χ3n) is 4.07. The molecule has 0 unspecified atom stereocenters. The van der Waals surface area contributed by atoms with E-state index in [0.29, 0.717) is 29.4 Å². The predicted molar refractivity (Wildman–Crippen MR) is 114 cm³/mol. The Morgan fingerprint density at radius 3 is 2.47 bits per heavy atom. The van der Waals surface area contributed by atoms with Crippen LogP contribution in [-0.4, -0.2) is 17.7 Å². The number of hydrogen-bond donors (Lipinski definition) is 2. The number of benzene rings is 3. The quantitative estimate of drug-likeness (QED) is 0.364. The maximum absolute atomic E-state index is 11.1. The number of carbonyl (C=O) groups is 1. The van der Waals surface area contributed by atoms with Crippen molar-refractivity contribution in [1.29, 1.82) is 0 Å². The van der Waals surface area contributed by atoms with Crippen LogP contribution in [0, 0.1) is 0 Å². The Kier molecular flexibility index (Phi) is 7.46. The van der Waals surface area contributed by atoms with Crippen molar-refractivity contribution < 1.29 is 24.2 Å². The minimum absolute atomic E-state index is 0.126. The van der Waals surface area contributed by atoms with Crippen molar-refractivity contribution in [3.05, 3.63) is 96.3 Å². The first-order chi connectivity index (χ1) is 14.7. The highest BCUT2D eigenvalue weighted by molar-refractivity contribution is 5.71. The molecule has 0 amide bonds. The smallest absolute Gasteiger partial charge is 0.307 e. The summed E-state index contributed by atoms with van der Waals surface area (Å²) in [5.74, 6) is 0.937. The number of aliphatic carboxylic acids is 1. The fourth-order valence-electron chi connectivity index (χ4n) is 2.70. The molecule has 30 heavy (non-hydrogen) atoms. The Morgan fingerprint density at radius 2 is 1.70 bits per heavy atom. The molecule has 0 atom stereocenters. The molecule has 6 heteroatoms. The van der Waals surface area contributed by atoms with E-state index in [0.717, 1.165) is 11.3 Å². The zero-order chi connectivity index (χ0) is 21.2. The Morgan fingerprint density at radius 1 is 0.967 bits per heavy atom. The van der Waals surface area contributed by atoms with Gasteiger partial charge in [0.25, 0.3) is 0 Å². The van der Waals surface area contributed by atoms with E-state index in [1.807, 2.05) is 61.5 Å². The molecule has 0 heterocycles. The lowest BCUT2D eigenvalue weighted by Gasteiger charge is -2.13. The number of hydrogen-bond acceptors (Lipinski definition) is 5. The van der Waals surface area contributed by atoms with Gasteiger partial charge >= 0.3 is 5.97 Å². The Labute approximate surface area is 175 Å². The monoisotopic (exact) mass is 405 g/mol.